The molecule has 0 aliphatic rings. The van der Waals surface area contributed by atoms with Crippen molar-refractivity contribution in [3.63, 3.8) is 0 Å². The lowest BCUT2D eigenvalue weighted by atomic mass is 10.3. The molecule has 2 atom stereocenters. The highest BCUT2D eigenvalue weighted by Crippen LogP contribution is 2.14. The maximum atomic E-state index is 13.2. The van der Waals surface area contributed by atoms with E-state index in [-0.39, 0.29) is 10.6 Å². The molecule has 1 amide bonds. The first kappa shape index (κ1) is 12.7. The molecule has 0 saturated carbocycles. The number of nitrogens with two attached hydrogens (primary N) is 2. The molecule has 4 nitrogen and oxygen atoms in total. The normalized spacial score (nSPS) is 14.4. The van der Waals surface area contributed by atoms with Crippen LogP contribution in [0.15, 0.2) is 23.1 Å². The first-order valence-corrected chi connectivity index (χ1v) is 5.62. The van der Waals surface area contributed by atoms with E-state index in [2.05, 4.69) is 0 Å². The molecule has 4 N–H and O–H groups in total. The van der Waals surface area contributed by atoms with E-state index in [0.29, 0.717) is 0 Å². The van der Waals surface area contributed by atoms with Gasteiger partial charge in [-0.3, -0.25) is 9.00 Å². The van der Waals surface area contributed by atoms with E-state index in [1.54, 1.807) is 0 Å². The van der Waals surface area contributed by atoms with Crippen molar-refractivity contribution >= 4 is 16.7 Å². The van der Waals surface area contributed by atoms with Gasteiger partial charge in [-0.2, -0.15) is 0 Å². The van der Waals surface area contributed by atoms with Crippen LogP contribution in [0, 0.1) is 11.6 Å². The second-order valence-corrected chi connectivity index (χ2v) is 4.56. The summed E-state index contributed by atoms with van der Waals surface area (Å²) in [5, 5.41) is 0. The van der Waals surface area contributed by atoms with Gasteiger partial charge in [0.05, 0.1) is 27.5 Å². The zero-order valence-corrected chi connectivity index (χ0v) is 8.97. The second-order valence-electron chi connectivity index (χ2n) is 3.10. The number of halogens is 2. The van der Waals surface area contributed by atoms with Gasteiger partial charge in [0.2, 0.25) is 5.91 Å². The first-order chi connectivity index (χ1) is 7.41. The van der Waals surface area contributed by atoms with Gasteiger partial charge in [0, 0.05) is 0 Å². The highest BCUT2D eigenvalue weighted by Gasteiger charge is 2.17. The molecule has 16 heavy (non-hydrogen) atoms. The van der Waals surface area contributed by atoms with Crippen molar-refractivity contribution in [2.75, 3.05) is 5.75 Å². The average molecular weight is 248 g/mol. The summed E-state index contributed by atoms with van der Waals surface area (Å²) in [5.41, 5.74) is 10.1. The van der Waals surface area contributed by atoms with Gasteiger partial charge in [0.25, 0.3) is 0 Å². The minimum atomic E-state index is -1.90. The number of carbonyl (C=O) groups excluding carboxylic acids is 1. The monoisotopic (exact) mass is 248 g/mol. The van der Waals surface area contributed by atoms with Crippen LogP contribution in [0.1, 0.15) is 0 Å². The van der Waals surface area contributed by atoms with Crippen LogP contribution in [0.5, 0.6) is 0 Å². The molecular formula is C9H10F2N2O2S. The zero-order valence-electron chi connectivity index (χ0n) is 8.15. The van der Waals surface area contributed by atoms with Crippen molar-refractivity contribution < 1.29 is 17.8 Å². The fraction of sp³-hybridized carbons (Fsp3) is 0.222. The van der Waals surface area contributed by atoms with Crippen molar-refractivity contribution in [1.29, 1.82) is 0 Å². The molecule has 0 aliphatic carbocycles. The molecule has 7 heteroatoms. The summed E-state index contributed by atoms with van der Waals surface area (Å²) in [5.74, 6) is -2.70. The summed E-state index contributed by atoms with van der Waals surface area (Å²) in [4.78, 5) is 10.3. The molecule has 0 saturated heterocycles. The third kappa shape index (κ3) is 3.07. The van der Waals surface area contributed by atoms with Crippen molar-refractivity contribution in [2.24, 2.45) is 11.5 Å². The lowest BCUT2D eigenvalue weighted by Crippen LogP contribution is -2.40. The summed E-state index contributed by atoms with van der Waals surface area (Å²) in [6.45, 7) is 0. The van der Waals surface area contributed by atoms with Crippen LogP contribution < -0.4 is 11.5 Å². The van der Waals surface area contributed by atoms with Crippen LogP contribution in [0.25, 0.3) is 0 Å². The molecule has 0 aliphatic heterocycles. The van der Waals surface area contributed by atoms with Gasteiger partial charge < -0.3 is 11.5 Å². The number of primary amides is 1. The molecule has 88 valence electrons. The smallest absolute Gasteiger partial charge is 0.235 e. The number of hydrogen-bond donors (Lipinski definition) is 2. The highest BCUT2D eigenvalue weighted by atomic mass is 32.2. The number of carbonyl (C=O) groups is 1. The molecule has 1 rings (SSSR count). The Morgan fingerprint density at radius 2 is 2.06 bits per heavy atom. The minimum absolute atomic E-state index is 0.322. The summed E-state index contributed by atoms with van der Waals surface area (Å²) >= 11 is 0. The van der Waals surface area contributed by atoms with Crippen molar-refractivity contribution in [3.05, 3.63) is 29.8 Å². The van der Waals surface area contributed by atoms with E-state index in [1.165, 1.54) is 0 Å². The van der Waals surface area contributed by atoms with Gasteiger partial charge in [0.1, 0.15) is 11.6 Å². The van der Waals surface area contributed by atoms with Crippen LogP contribution in [0.4, 0.5) is 8.78 Å². The SMILES string of the molecule is NC(=O)C(N)CS(=O)c1cc(F)ccc1F. The summed E-state index contributed by atoms with van der Waals surface area (Å²) in [6.07, 6.45) is 0. The Kier molecular flexibility index (Phi) is 4.08. The minimum Gasteiger partial charge on any atom is -0.368 e. The van der Waals surface area contributed by atoms with Crippen LogP contribution in [0.3, 0.4) is 0 Å². The zero-order chi connectivity index (χ0) is 12.3. The van der Waals surface area contributed by atoms with Crippen LogP contribution in [-0.4, -0.2) is 21.9 Å². The maximum absolute atomic E-state index is 13.2. The lowest BCUT2D eigenvalue weighted by molar-refractivity contribution is -0.118. The van der Waals surface area contributed by atoms with E-state index in [9.17, 15) is 17.8 Å². The van der Waals surface area contributed by atoms with E-state index < -0.39 is 34.4 Å². The molecule has 0 heterocycles. The summed E-state index contributed by atoms with van der Waals surface area (Å²) < 4.78 is 37.5. The fourth-order valence-corrected chi connectivity index (χ4v) is 2.19. The van der Waals surface area contributed by atoms with Gasteiger partial charge in [-0.25, -0.2) is 8.78 Å². The lowest BCUT2D eigenvalue weighted by Gasteiger charge is -2.07. The maximum Gasteiger partial charge on any atom is 0.235 e. The van der Waals surface area contributed by atoms with Gasteiger partial charge >= 0.3 is 0 Å². The van der Waals surface area contributed by atoms with Gasteiger partial charge in [-0.05, 0) is 18.2 Å². The largest absolute Gasteiger partial charge is 0.368 e. The van der Waals surface area contributed by atoms with E-state index in [1.807, 2.05) is 0 Å². The molecule has 1 aromatic carbocycles. The molecule has 0 radical (unpaired) electrons. The number of rotatable bonds is 4. The number of hydrogen-bond acceptors (Lipinski definition) is 3. The van der Waals surface area contributed by atoms with E-state index >= 15 is 0 Å². The van der Waals surface area contributed by atoms with Crippen LogP contribution >= 0.6 is 0 Å². The highest BCUT2D eigenvalue weighted by molar-refractivity contribution is 7.85. The van der Waals surface area contributed by atoms with Crippen LogP contribution in [0.2, 0.25) is 0 Å². The summed E-state index contributed by atoms with van der Waals surface area (Å²) in [7, 11) is -1.90. The van der Waals surface area contributed by atoms with Crippen molar-refractivity contribution in [1.82, 2.24) is 0 Å². The molecule has 0 aromatic heterocycles. The van der Waals surface area contributed by atoms with E-state index in [4.69, 9.17) is 11.5 Å². The predicted molar refractivity (Wildman–Crippen MR) is 54.8 cm³/mol. The summed E-state index contributed by atoms with van der Waals surface area (Å²) in [6, 6.07) is 1.42. The Labute approximate surface area is 93.1 Å². The average Bonchev–Trinajstić information content (AvgIpc) is 2.21. The van der Waals surface area contributed by atoms with Crippen LogP contribution in [-0.2, 0) is 15.6 Å². The molecule has 0 spiro atoms. The van der Waals surface area contributed by atoms with Gasteiger partial charge in [-0.15, -0.1) is 0 Å². The standard InChI is InChI=1S/C9H10F2N2O2S/c10-5-1-2-6(11)8(3-5)16(15)4-7(12)9(13)14/h1-3,7H,4,12H2,(H2,13,14). The Hall–Kier alpha value is -1.34. The Morgan fingerprint density at radius 1 is 1.44 bits per heavy atom. The Morgan fingerprint density at radius 3 is 2.62 bits per heavy atom. The Balaban J connectivity index is 2.88. The van der Waals surface area contributed by atoms with Crippen molar-refractivity contribution in [3.8, 4) is 0 Å². The molecule has 1 aromatic rings. The Bertz CT molecular complexity index is 440. The van der Waals surface area contributed by atoms with E-state index in [0.717, 1.165) is 18.2 Å². The van der Waals surface area contributed by atoms with Gasteiger partial charge in [-0.1, -0.05) is 0 Å². The first-order valence-electron chi connectivity index (χ1n) is 4.30. The number of benzene rings is 1. The second kappa shape index (κ2) is 5.13. The number of amides is 1. The topological polar surface area (TPSA) is 86.2 Å². The van der Waals surface area contributed by atoms with Crippen molar-refractivity contribution in [2.45, 2.75) is 10.9 Å². The quantitative estimate of drug-likeness (QED) is 0.779. The fourth-order valence-electron chi connectivity index (χ4n) is 0.987. The molecule has 2 unspecified atom stereocenters. The molecule has 0 fully saturated rings. The van der Waals surface area contributed by atoms with Gasteiger partial charge in [0.15, 0.2) is 0 Å². The third-order valence-corrected chi connectivity index (χ3v) is 3.30. The predicted octanol–water partition coefficient (Wildman–Crippen LogP) is -0.115. The molecular weight excluding hydrogens is 238 g/mol. The third-order valence-electron chi connectivity index (χ3n) is 1.83. The molecule has 0 bridgehead atoms.